The minimum Gasteiger partial charge on any atom is -0.497 e. The van der Waals surface area contributed by atoms with Gasteiger partial charge in [-0.3, -0.25) is 9.59 Å². The lowest BCUT2D eigenvalue weighted by molar-refractivity contribution is -0.185. The number of methoxy groups -OCH3 is 1. The molecule has 170 valence electrons. The van der Waals surface area contributed by atoms with Crippen molar-refractivity contribution in [2.75, 3.05) is 7.11 Å². The van der Waals surface area contributed by atoms with Crippen molar-refractivity contribution in [1.29, 1.82) is 0 Å². The fourth-order valence-electron chi connectivity index (χ4n) is 3.79. The molecule has 2 aromatic rings. The molecule has 31 heavy (non-hydrogen) atoms. The van der Waals surface area contributed by atoms with E-state index < -0.39 is 18.2 Å². The Hall–Kier alpha value is -2.56. The van der Waals surface area contributed by atoms with E-state index in [2.05, 4.69) is 20.8 Å². The van der Waals surface area contributed by atoms with Gasteiger partial charge >= 0.3 is 11.9 Å². The Balaban J connectivity index is 1.88. The Bertz CT molecular complexity index is 873. The summed E-state index contributed by atoms with van der Waals surface area (Å²) in [5.74, 6) is 0.702. The van der Waals surface area contributed by atoms with Gasteiger partial charge in [-0.2, -0.15) is 0 Å². The van der Waals surface area contributed by atoms with E-state index in [0.29, 0.717) is 18.3 Å². The zero-order valence-corrected chi connectivity index (χ0v) is 19.6. The molecule has 2 aromatic carbocycles. The quantitative estimate of drug-likeness (QED) is 0.313. The second-order valence-corrected chi connectivity index (χ2v) is 8.63. The van der Waals surface area contributed by atoms with Gasteiger partial charge in [0.05, 0.1) is 13.0 Å². The summed E-state index contributed by atoms with van der Waals surface area (Å²) in [7, 11) is 1.63. The normalized spacial score (nSPS) is 14.2. The highest BCUT2D eigenvalue weighted by atomic mass is 16.7. The molecule has 0 saturated heterocycles. The minimum atomic E-state index is -0.905. The topological polar surface area (TPSA) is 61.8 Å². The van der Waals surface area contributed by atoms with Crippen LogP contribution in [0.5, 0.6) is 5.75 Å². The molecular weight excluding hydrogens is 392 g/mol. The lowest BCUT2D eigenvalue weighted by Crippen LogP contribution is -2.24. The number of benzene rings is 2. The fourth-order valence-corrected chi connectivity index (χ4v) is 3.79. The Morgan fingerprint density at radius 3 is 2.26 bits per heavy atom. The lowest BCUT2D eigenvalue weighted by atomic mass is 9.91. The summed E-state index contributed by atoms with van der Waals surface area (Å²) in [6.07, 6.45) is 2.39. The van der Waals surface area contributed by atoms with Gasteiger partial charge in [0.1, 0.15) is 5.75 Å². The average molecular weight is 429 g/mol. The van der Waals surface area contributed by atoms with E-state index >= 15 is 0 Å². The molecule has 0 aliphatic carbocycles. The fraction of sp³-hybridized carbons (Fsp3) is 0.538. The molecule has 0 N–H and O–H groups in total. The summed E-state index contributed by atoms with van der Waals surface area (Å²) in [6, 6.07) is 11.6. The Labute approximate surface area is 186 Å². The molecule has 5 heteroatoms. The van der Waals surface area contributed by atoms with Crippen molar-refractivity contribution in [2.45, 2.75) is 72.5 Å². The SMILES string of the molecule is CC[C@@H](CCC(=O)OC(C)OC(=O)[C@@H](C)c1ccc2cc(OC)ccc2c1)CC(C)C. The van der Waals surface area contributed by atoms with Gasteiger partial charge in [-0.05, 0) is 60.1 Å². The van der Waals surface area contributed by atoms with Crippen molar-refractivity contribution < 1.29 is 23.8 Å². The summed E-state index contributed by atoms with van der Waals surface area (Å²) in [5, 5.41) is 2.05. The zero-order chi connectivity index (χ0) is 23.0. The van der Waals surface area contributed by atoms with Crippen molar-refractivity contribution in [3.8, 4) is 5.75 Å². The first-order chi connectivity index (χ1) is 14.7. The molecule has 0 bridgehead atoms. The van der Waals surface area contributed by atoms with Crippen LogP contribution >= 0.6 is 0 Å². The number of ether oxygens (including phenoxy) is 3. The molecule has 3 atom stereocenters. The molecule has 0 heterocycles. The number of fused-ring (bicyclic) bond motifs is 1. The molecule has 0 saturated carbocycles. The monoisotopic (exact) mass is 428 g/mol. The molecule has 5 nitrogen and oxygen atoms in total. The molecule has 0 aromatic heterocycles. The van der Waals surface area contributed by atoms with Gasteiger partial charge in [0, 0.05) is 13.3 Å². The average Bonchev–Trinajstić information content (AvgIpc) is 2.74. The molecule has 0 fully saturated rings. The second-order valence-electron chi connectivity index (χ2n) is 8.63. The van der Waals surface area contributed by atoms with E-state index in [1.165, 1.54) is 0 Å². The van der Waals surface area contributed by atoms with Crippen LogP contribution in [-0.4, -0.2) is 25.3 Å². The van der Waals surface area contributed by atoms with Gasteiger partial charge in [0.25, 0.3) is 0 Å². The molecular formula is C26H36O5. The van der Waals surface area contributed by atoms with E-state index in [0.717, 1.165) is 41.3 Å². The van der Waals surface area contributed by atoms with Crippen LogP contribution in [0.3, 0.4) is 0 Å². The summed E-state index contributed by atoms with van der Waals surface area (Å²) < 4.78 is 15.9. The predicted octanol–water partition coefficient (Wildman–Crippen LogP) is 6.24. The third kappa shape index (κ3) is 7.57. The Morgan fingerprint density at radius 2 is 1.61 bits per heavy atom. The van der Waals surface area contributed by atoms with E-state index in [4.69, 9.17) is 14.2 Å². The van der Waals surface area contributed by atoms with Gasteiger partial charge in [-0.25, -0.2) is 0 Å². The van der Waals surface area contributed by atoms with Crippen molar-refractivity contribution in [2.24, 2.45) is 11.8 Å². The molecule has 0 spiro atoms. The molecule has 2 rings (SSSR count). The van der Waals surface area contributed by atoms with Gasteiger partial charge < -0.3 is 14.2 Å². The van der Waals surface area contributed by atoms with Gasteiger partial charge in [-0.1, -0.05) is 51.5 Å². The third-order valence-corrected chi connectivity index (χ3v) is 5.64. The van der Waals surface area contributed by atoms with Crippen LogP contribution in [0, 0.1) is 11.8 Å². The Morgan fingerprint density at radius 1 is 0.935 bits per heavy atom. The van der Waals surface area contributed by atoms with Crippen LogP contribution in [0.15, 0.2) is 36.4 Å². The lowest BCUT2D eigenvalue weighted by Gasteiger charge is -2.19. The largest absolute Gasteiger partial charge is 0.497 e. The first kappa shape index (κ1) is 24.7. The van der Waals surface area contributed by atoms with Crippen LogP contribution in [0.1, 0.15) is 71.8 Å². The van der Waals surface area contributed by atoms with Crippen LogP contribution in [-0.2, 0) is 19.1 Å². The Kier molecular flexibility index (Phi) is 9.35. The number of carbonyl (C=O) groups is 2. The summed E-state index contributed by atoms with van der Waals surface area (Å²) in [5.41, 5.74) is 0.848. The number of hydrogen-bond donors (Lipinski definition) is 0. The maximum Gasteiger partial charge on any atom is 0.316 e. The van der Waals surface area contributed by atoms with Gasteiger partial charge in [0.15, 0.2) is 0 Å². The zero-order valence-electron chi connectivity index (χ0n) is 19.6. The first-order valence-electron chi connectivity index (χ1n) is 11.2. The van der Waals surface area contributed by atoms with Crippen LogP contribution in [0.4, 0.5) is 0 Å². The molecule has 1 unspecified atom stereocenters. The first-order valence-corrected chi connectivity index (χ1v) is 11.2. The standard InChI is InChI=1S/C26H36O5/c1-7-20(14-17(2)3)8-13-25(27)30-19(5)31-26(28)18(4)21-9-10-23-16-24(29-6)12-11-22(23)15-21/h9-12,15-20H,7-8,13-14H2,1-6H3/t18-,19?,20-/m0/s1. The summed E-state index contributed by atoms with van der Waals surface area (Å²) in [6.45, 7) is 9.90. The highest BCUT2D eigenvalue weighted by Crippen LogP contribution is 2.26. The number of hydrogen-bond acceptors (Lipinski definition) is 5. The van der Waals surface area contributed by atoms with Gasteiger partial charge in [-0.15, -0.1) is 0 Å². The van der Waals surface area contributed by atoms with Gasteiger partial charge in [0.2, 0.25) is 6.29 Å². The van der Waals surface area contributed by atoms with E-state index in [1.54, 1.807) is 21.0 Å². The van der Waals surface area contributed by atoms with Crippen molar-refractivity contribution in [3.05, 3.63) is 42.0 Å². The smallest absolute Gasteiger partial charge is 0.316 e. The van der Waals surface area contributed by atoms with E-state index in [-0.39, 0.29) is 5.97 Å². The van der Waals surface area contributed by atoms with E-state index in [9.17, 15) is 9.59 Å². The van der Waals surface area contributed by atoms with Crippen molar-refractivity contribution in [3.63, 3.8) is 0 Å². The van der Waals surface area contributed by atoms with Crippen molar-refractivity contribution in [1.82, 2.24) is 0 Å². The molecule has 0 radical (unpaired) electrons. The number of esters is 2. The number of rotatable bonds is 11. The van der Waals surface area contributed by atoms with Crippen molar-refractivity contribution >= 4 is 22.7 Å². The third-order valence-electron chi connectivity index (χ3n) is 5.64. The predicted molar refractivity (Wildman–Crippen MR) is 123 cm³/mol. The second kappa shape index (κ2) is 11.7. The minimum absolute atomic E-state index is 0.324. The maximum atomic E-state index is 12.6. The summed E-state index contributed by atoms with van der Waals surface area (Å²) in [4.78, 5) is 24.7. The molecule has 0 aliphatic rings. The summed E-state index contributed by atoms with van der Waals surface area (Å²) >= 11 is 0. The highest BCUT2D eigenvalue weighted by Gasteiger charge is 2.22. The number of carbonyl (C=O) groups excluding carboxylic acids is 2. The maximum absolute atomic E-state index is 12.6. The van der Waals surface area contributed by atoms with Crippen LogP contribution in [0.2, 0.25) is 0 Å². The molecule has 0 aliphatic heterocycles. The highest BCUT2D eigenvalue weighted by molar-refractivity contribution is 5.86. The van der Waals surface area contributed by atoms with Crippen LogP contribution < -0.4 is 4.74 Å². The molecule has 0 amide bonds. The van der Waals surface area contributed by atoms with Crippen LogP contribution in [0.25, 0.3) is 10.8 Å². The van der Waals surface area contributed by atoms with E-state index in [1.807, 2.05) is 36.4 Å².